The van der Waals surface area contributed by atoms with E-state index in [9.17, 15) is 0 Å². The van der Waals surface area contributed by atoms with Gasteiger partial charge in [0.25, 0.3) is 0 Å². The highest BCUT2D eigenvalue weighted by molar-refractivity contribution is 4.99. The molecule has 0 aliphatic heterocycles. The molecule has 2 nitrogen and oxygen atoms in total. The molecule has 4 bridgehead atoms. The molecule has 0 aromatic rings. The lowest BCUT2D eigenvalue weighted by Gasteiger charge is -2.55. The zero-order chi connectivity index (χ0) is 11.8. The van der Waals surface area contributed by atoms with E-state index in [-0.39, 0.29) is 6.29 Å². The molecule has 4 fully saturated rings. The summed E-state index contributed by atoms with van der Waals surface area (Å²) < 4.78 is 11.8. The maximum atomic E-state index is 5.89. The van der Waals surface area contributed by atoms with Gasteiger partial charge in [-0.05, 0) is 69.6 Å². The van der Waals surface area contributed by atoms with Crippen LogP contribution in [0.5, 0.6) is 0 Å². The van der Waals surface area contributed by atoms with Crippen molar-refractivity contribution in [3.8, 4) is 0 Å². The van der Waals surface area contributed by atoms with E-state index in [1.165, 1.54) is 32.1 Å². The Labute approximate surface area is 105 Å². The summed E-state index contributed by atoms with van der Waals surface area (Å²) in [6.07, 6.45) is 7.42. The van der Waals surface area contributed by atoms with Crippen molar-refractivity contribution >= 4 is 0 Å². The lowest BCUT2D eigenvalue weighted by atomic mass is 9.51. The minimum atomic E-state index is 0.0833. The van der Waals surface area contributed by atoms with Gasteiger partial charge in [-0.3, -0.25) is 0 Å². The maximum absolute atomic E-state index is 5.89. The van der Waals surface area contributed by atoms with Crippen molar-refractivity contribution in [1.29, 1.82) is 0 Å². The highest BCUT2D eigenvalue weighted by Crippen LogP contribution is 2.57. The molecule has 4 aliphatic carbocycles. The first-order valence-corrected chi connectivity index (χ1v) is 7.55. The van der Waals surface area contributed by atoms with Gasteiger partial charge in [-0.2, -0.15) is 0 Å². The first-order valence-electron chi connectivity index (χ1n) is 7.55. The van der Waals surface area contributed by atoms with Crippen molar-refractivity contribution in [2.75, 3.05) is 13.2 Å². The summed E-state index contributed by atoms with van der Waals surface area (Å²) in [4.78, 5) is 0. The molecule has 98 valence electrons. The number of ether oxygens (including phenoxy) is 2. The van der Waals surface area contributed by atoms with Crippen LogP contribution in [-0.4, -0.2) is 19.5 Å². The van der Waals surface area contributed by atoms with Crippen LogP contribution in [0.15, 0.2) is 0 Å². The van der Waals surface area contributed by atoms with Gasteiger partial charge in [0.1, 0.15) is 0 Å². The highest BCUT2D eigenvalue weighted by atomic mass is 16.7. The first kappa shape index (κ1) is 12.0. The Morgan fingerprint density at radius 3 is 1.71 bits per heavy atom. The Balaban J connectivity index is 1.73. The van der Waals surface area contributed by atoms with Crippen LogP contribution >= 0.6 is 0 Å². The summed E-state index contributed by atoms with van der Waals surface area (Å²) >= 11 is 0. The van der Waals surface area contributed by atoms with Crippen molar-refractivity contribution in [1.82, 2.24) is 0 Å². The Hall–Kier alpha value is -0.0800. The van der Waals surface area contributed by atoms with E-state index < -0.39 is 0 Å². The van der Waals surface area contributed by atoms with Crippen LogP contribution in [0.1, 0.15) is 46.0 Å². The summed E-state index contributed by atoms with van der Waals surface area (Å²) in [5.41, 5.74) is 0. The highest BCUT2D eigenvalue weighted by Gasteiger charge is 2.51. The summed E-state index contributed by atoms with van der Waals surface area (Å²) in [7, 11) is 0. The average molecular weight is 238 g/mol. The Morgan fingerprint density at radius 2 is 1.29 bits per heavy atom. The van der Waals surface area contributed by atoms with Gasteiger partial charge in [-0.15, -0.1) is 0 Å². The molecule has 0 aromatic heterocycles. The van der Waals surface area contributed by atoms with Crippen LogP contribution < -0.4 is 0 Å². The molecule has 0 heterocycles. The summed E-state index contributed by atoms with van der Waals surface area (Å²) in [5, 5.41) is 0. The molecule has 4 rings (SSSR count). The fourth-order valence-corrected chi connectivity index (χ4v) is 5.01. The van der Waals surface area contributed by atoms with Crippen molar-refractivity contribution in [2.45, 2.75) is 52.2 Å². The molecule has 4 saturated carbocycles. The lowest BCUT2D eigenvalue weighted by Crippen LogP contribution is -2.50. The van der Waals surface area contributed by atoms with Crippen LogP contribution in [-0.2, 0) is 9.47 Å². The molecule has 0 spiro atoms. The standard InChI is InChI=1S/C15H26O2/c1-3-16-15(17-4-2)14-12-6-10-5-11(8-12)9-13(14)7-10/h10-15H,3-9H2,1-2H3. The Morgan fingerprint density at radius 1 is 0.824 bits per heavy atom. The number of hydrogen-bond acceptors (Lipinski definition) is 2. The van der Waals surface area contributed by atoms with E-state index in [1.807, 2.05) is 0 Å². The van der Waals surface area contributed by atoms with Crippen molar-refractivity contribution in [3.63, 3.8) is 0 Å². The molecule has 4 aliphatic rings. The number of rotatable bonds is 5. The summed E-state index contributed by atoms with van der Waals surface area (Å²) in [6.45, 7) is 5.74. The molecule has 0 radical (unpaired) electrons. The molecule has 0 amide bonds. The molecular formula is C15H26O2. The van der Waals surface area contributed by atoms with Crippen LogP contribution in [0.4, 0.5) is 0 Å². The fourth-order valence-electron chi connectivity index (χ4n) is 5.01. The van der Waals surface area contributed by atoms with Gasteiger partial charge in [-0.25, -0.2) is 0 Å². The molecule has 0 N–H and O–H groups in total. The average Bonchev–Trinajstić information content (AvgIpc) is 2.28. The Kier molecular flexibility index (Phi) is 3.45. The molecule has 0 atom stereocenters. The largest absolute Gasteiger partial charge is 0.353 e. The van der Waals surface area contributed by atoms with Gasteiger partial charge >= 0.3 is 0 Å². The van der Waals surface area contributed by atoms with Crippen molar-refractivity contribution < 1.29 is 9.47 Å². The maximum Gasteiger partial charge on any atom is 0.160 e. The normalized spacial score (nSPS) is 43.6. The van der Waals surface area contributed by atoms with Gasteiger partial charge in [0.2, 0.25) is 0 Å². The third-order valence-corrected chi connectivity index (χ3v) is 5.28. The number of hydrogen-bond donors (Lipinski definition) is 0. The van der Waals surface area contributed by atoms with Crippen molar-refractivity contribution in [3.05, 3.63) is 0 Å². The molecule has 0 unspecified atom stereocenters. The second kappa shape index (κ2) is 4.89. The van der Waals surface area contributed by atoms with Crippen LogP contribution in [0, 0.1) is 29.6 Å². The summed E-state index contributed by atoms with van der Waals surface area (Å²) in [5.74, 6) is 4.57. The Bertz CT molecular complexity index is 230. The minimum Gasteiger partial charge on any atom is -0.353 e. The second-order valence-corrected chi connectivity index (χ2v) is 6.29. The van der Waals surface area contributed by atoms with Gasteiger partial charge in [-0.1, -0.05) is 0 Å². The summed E-state index contributed by atoms with van der Waals surface area (Å²) in [6, 6.07) is 0. The topological polar surface area (TPSA) is 18.5 Å². The first-order chi connectivity index (χ1) is 8.31. The lowest BCUT2D eigenvalue weighted by molar-refractivity contribution is -0.218. The predicted molar refractivity (Wildman–Crippen MR) is 67.6 cm³/mol. The zero-order valence-corrected chi connectivity index (χ0v) is 11.2. The van der Waals surface area contributed by atoms with E-state index in [0.29, 0.717) is 5.92 Å². The van der Waals surface area contributed by atoms with Crippen LogP contribution in [0.2, 0.25) is 0 Å². The van der Waals surface area contributed by atoms with E-state index in [4.69, 9.17) is 9.47 Å². The van der Waals surface area contributed by atoms with E-state index in [2.05, 4.69) is 13.8 Å². The molecular weight excluding hydrogens is 212 g/mol. The third-order valence-electron chi connectivity index (χ3n) is 5.28. The minimum absolute atomic E-state index is 0.0833. The smallest absolute Gasteiger partial charge is 0.160 e. The van der Waals surface area contributed by atoms with Gasteiger partial charge in [0.05, 0.1) is 0 Å². The third kappa shape index (κ3) is 2.15. The fraction of sp³-hybridized carbons (Fsp3) is 1.00. The monoisotopic (exact) mass is 238 g/mol. The molecule has 17 heavy (non-hydrogen) atoms. The molecule has 2 heteroatoms. The van der Waals surface area contributed by atoms with Gasteiger partial charge < -0.3 is 9.47 Å². The van der Waals surface area contributed by atoms with Crippen molar-refractivity contribution in [2.24, 2.45) is 29.6 Å². The quantitative estimate of drug-likeness (QED) is 0.683. The molecule has 0 aromatic carbocycles. The predicted octanol–water partition coefficient (Wildman–Crippen LogP) is 3.46. The van der Waals surface area contributed by atoms with Crippen LogP contribution in [0.25, 0.3) is 0 Å². The van der Waals surface area contributed by atoms with E-state index >= 15 is 0 Å². The molecule has 0 saturated heterocycles. The SMILES string of the molecule is CCOC(OCC)C1C2CC3CC(C2)CC1C3. The van der Waals surface area contributed by atoms with Gasteiger partial charge in [0.15, 0.2) is 6.29 Å². The van der Waals surface area contributed by atoms with Gasteiger partial charge in [0, 0.05) is 19.1 Å². The van der Waals surface area contributed by atoms with Crippen LogP contribution in [0.3, 0.4) is 0 Å². The second-order valence-electron chi connectivity index (χ2n) is 6.29. The van der Waals surface area contributed by atoms with E-state index in [0.717, 1.165) is 36.9 Å². The van der Waals surface area contributed by atoms with E-state index in [1.54, 1.807) is 0 Å². The zero-order valence-electron chi connectivity index (χ0n) is 11.2.